The molecule has 16 N–H and O–H groups in total. The van der Waals surface area contributed by atoms with Gasteiger partial charge in [-0.2, -0.15) is 0 Å². The average Bonchev–Trinajstić information content (AvgIpc) is 3.91. The number of aliphatic imine (C=N–C) groups is 1. The van der Waals surface area contributed by atoms with E-state index in [1.165, 1.54) is 21.9 Å². The van der Waals surface area contributed by atoms with Crippen molar-refractivity contribution in [2.45, 2.75) is 134 Å². The third-order valence-electron chi connectivity index (χ3n) is 14.2. The zero-order valence-corrected chi connectivity index (χ0v) is 44.8. The number of hydrogen-bond acceptors (Lipinski definition) is 13. The van der Waals surface area contributed by atoms with Gasteiger partial charge in [-0.05, 0) is 104 Å². The summed E-state index contributed by atoms with van der Waals surface area (Å²) in [5.41, 5.74) is 38.3. The quantitative estimate of drug-likeness (QED) is 0.0364. The predicted octanol–water partition coefficient (Wildman–Crippen LogP) is 0.163. The lowest BCUT2D eigenvalue weighted by Gasteiger charge is -2.35. The molecule has 2 aliphatic heterocycles. The second-order valence-corrected chi connectivity index (χ2v) is 20.3. The fourth-order valence-electron chi connectivity index (χ4n) is 9.73. The van der Waals surface area contributed by atoms with Crippen molar-refractivity contribution >= 4 is 53.3 Å². The van der Waals surface area contributed by atoms with E-state index in [0.717, 1.165) is 5.56 Å². The van der Waals surface area contributed by atoms with Gasteiger partial charge >= 0.3 is 5.97 Å². The highest BCUT2D eigenvalue weighted by Gasteiger charge is 2.39. The molecule has 1 fully saturated rings. The summed E-state index contributed by atoms with van der Waals surface area (Å²) in [4.78, 5) is 121. The smallest absolute Gasteiger partial charge is 0.303 e. The Bertz CT molecular complexity index is 2580. The molecule has 23 nitrogen and oxygen atoms in total. The third-order valence-corrected chi connectivity index (χ3v) is 14.2. The summed E-state index contributed by atoms with van der Waals surface area (Å²) in [5, 5.41) is 24.8. The van der Waals surface area contributed by atoms with E-state index in [2.05, 4.69) is 15.6 Å². The Kier molecular flexibility index (Phi) is 23.4. The van der Waals surface area contributed by atoms with E-state index in [9.17, 15) is 39.0 Å². The molecule has 2 heterocycles. The largest absolute Gasteiger partial charge is 0.508 e. The van der Waals surface area contributed by atoms with Gasteiger partial charge in [-0.25, -0.2) is 0 Å². The van der Waals surface area contributed by atoms with Crippen LogP contribution in [-0.2, 0) is 59.5 Å². The SMILES string of the molecule is CC[C@H](C)[C@H](NC(=O)[C@@H](N)CCCN=C(N)N)C(=O)N1CCCN(C(=O)[C@H](Cc2ccccc2)NC(=O)[C@@H](N)CCC(=O)O)Cc2cc(cc(C(N)=O)c2)CN(C(=O)[C@@H]2CCCN2C(=O)[C@@H](N)Cc2ccc(O)cc2)CCC1. The van der Waals surface area contributed by atoms with Crippen LogP contribution in [0, 0.1) is 5.92 Å². The number of fused-ring (bicyclic) bond motifs is 2. The Hall–Kier alpha value is -7.63. The van der Waals surface area contributed by atoms with E-state index in [0.29, 0.717) is 42.4 Å². The number of benzene rings is 3. The Labute approximate surface area is 455 Å². The van der Waals surface area contributed by atoms with Gasteiger partial charge in [-0.3, -0.25) is 43.3 Å². The second-order valence-electron chi connectivity index (χ2n) is 20.3. The monoisotopic (exact) mass is 1080 g/mol. The minimum atomic E-state index is -1.25. The van der Waals surface area contributed by atoms with Crippen molar-refractivity contribution in [3.8, 4) is 5.75 Å². The van der Waals surface area contributed by atoms with Crippen LogP contribution >= 0.6 is 0 Å². The lowest BCUT2D eigenvalue weighted by atomic mass is 9.96. The highest BCUT2D eigenvalue weighted by molar-refractivity contribution is 5.94. The molecule has 2 aliphatic rings. The van der Waals surface area contributed by atoms with Crippen LogP contribution in [0.3, 0.4) is 0 Å². The maximum Gasteiger partial charge on any atom is 0.303 e. The normalized spacial score (nSPS) is 17.5. The fraction of sp³-hybridized carbons (Fsp3) is 0.509. The molecular weight excluding hydrogens is 1000 g/mol. The maximum atomic E-state index is 15.1. The fourth-order valence-corrected chi connectivity index (χ4v) is 9.73. The number of rotatable bonds is 22. The number of carboxylic acids is 1. The number of likely N-dealkylation sites (tertiary alicyclic amines) is 1. The molecule has 3 aromatic rings. The topological polar surface area (TPSA) is 383 Å². The minimum Gasteiger partial charge on any atom is -0.508 e. The van der Waals surface area contributed by atoms with E-state index >= 15 is 9.59 Å². The Morgan fingerprint density at radius 2 is 1.27 bits per heavy atom. The number of aliphatic carboxylic acids is 1. The molecule has 0 unspecified atom stereocenters. The van der Waals surface area contributed by atoms with Gasteiger partial charge in [0.1, 0.15) is 23.9 Å². The van der Waals surface area contributed by atoms with E-state index in [4.69, 9.17) is 34.4 Å². The molecule has 7 atom stereocenters. The summed E-state index contributed by atoms with van der Waals surface area (Å²) >= 11 is 0. The molecule has 5 rings (SSSR count). The van der Waals surface area contributed by atoms with Gasteiger partial charge in [0, 0.05) is 70.8 Å². The number of nitrogens with zero attached hydrogens (tertiary/aromatic N) is 5. The first-order valence-electron chi connectivity index (χ1n) is 26.7. The number of phenolic OH excluding ortho intramolecular Hbond substituents is 1. The zero-order valence-electron chi connectivity index (χ0n) is 44.8. The third kappa shape index (κ3) is 18.3. The van der Waals surface area contributed by atoms with Crippen molar-refractivity contribution in [2.75, 3.05) is 39.3 Å². The number of carbonyl (C=O) groups excluding carboxylic acids is 7. The predicted molar refractivity (Wildman–Crippen MR) is 292 cm³/mol. The summed E-state index contributed by atoms with van der Waals surface area (Å²) < 4.78 is 0. The molecule has 0 spiro atoms. The second kappa shape index (κ2) is 29.8. The van der Waals surface area contributed by atoms with Gasteiger partial charge in [0.15, 0.2) is 5.96 Å². The van der Waals surface area contributed by atoms with E-state index < -0.39 is 77.7 Å². The molecule has 78 heavy (non-hydrogen) atoms. The lowest BCUT2D eigenvalue weighted by molar-refractivity contribution is -0.145. The molecule has 7 amide bonds. The summed E-state index contributed by atoms with van der Waals surface area (Å²) in [5.74, 6) is -5.34. The number of phenols is 1. The van der Waals surface area contributed by atoms with Crippen LogP contribution in [0.1, 0.15) is 104 Å². The van der Waals surface area contributed by atoms with Crippen molar-refractivity contribution in [1.82, 2.24) is 30.2 Å². The number of aromatic hydroxyl groups is 1. The van der Waals surface area contributed by atoms with Crippen LogP contribution in [-0.4, -0.2) is 159 Å². The number of primary amides is 1. The lowest BCUT2D eigenvalue weighted by Crippen LogP contribution is -2.56. The van der Waals surface area contributed by atoms with E-state index in [1.807, 2.05) is 13.8 Å². The number of nitrogens with two attached hydrogens (primary N) is 6. The van der Waals surface area contributed by atoms with Crippen molar-refractivity contribution in [1.29, 1.82) is 0 Å². The molecule has 424 valence electrons. The number of carbonyl (C=O) groups is 8. The molecule has 0 aliphatic carbocycles. The molecule has 0 saturated carbocycles. The van der Waals surface area contributed by atoms with Gasteiger partial charge in [0.25, 0.3) is 0 Å². The first kappa shape index (κ1) is 61.2. The molecule has 0 radical (unpaired) electrons. The summed E-state index contributed by atoms with van der Waals surface area (Å²) in [6, 6.07) is 13.8. The summed E-state index contributed by atoms with van der Waals surface area (Å²) in [7, 11) is 0. The molecule has 0 aromatic heterocycles. The van der Waals surface area contributed by atoms with Crippen LogP contribution in [0.2, 0.25) is 0 Å². The first-order valence-corrected chi connectivity index (χ1v) is 26.7. The van der Waals surface area contributed by atoms with Crippen LogP contribution in [0.15, 0.2) is 77.8 Å². The molecule has 1 saturated heterocycles. The van der Waals surface area contributed by atoms with Gasteiger partial charge in [-0.15, -0.1) is 0 Å². The summed E-state index contributed by atoms with van der Waals surface area (Å²) in [6.07, 6.45) is 2.05. The van der Waals surface area contributed by atoms with Crippen LogP contribution in [0.4, 0.5) is 0 Å². The van der Waals surface area contributed by atoms with Gasteiger partial charge in [-0.1, -0.05) is 68.8 Å². The number of guanidine groups is 1. The first-order chi connectivity index (χ1) is 37.1. The standard InChI is InChI=1S/C55H79N13O10/c1-3-34(2)47(64-50(74)41(56)13-7-21-62-55(60)61)54(78)65-22-9-24-66(52(76)44(31-35-11-5-4-6-12-35)63-49(73)42(57)19-20-46(70)71)32-37-27-38(29-39(28-37)48(59)72)33-67(25-10-23-65)53(77)45-14-8-26-68(45)51(75)43(58)30-36-15-17-40(69)18-16-36/h4-6,11-12,15-18,27-29,34,41-45,47,69H,3,7-10,13-14,19-26,30-33,56-58H2,1-2H3,(H2,59,72)(H,63,73)(H,64,74)(H,70,71)(H4,60,61,62)/t34-,41-,42-,43-,44-,45-,47-/m0/s1. The van der Waals surface area contributed by atoms with Crippen molar-refractivity contribution < 1.29 is 48.6 Å². The zero-order chi connectivity index (χ0) is 57.1. The van der Waals surface area contributed by atoms with Gasteiger partial charge in [0.05, 0.1) is 18.1 Å². The van der Waals surface area contributed by atoms with Crippen LogP contribution < -0.4 is 45.0 Å². The molecule has 2 bridgehead atoms. The van der Waals surface area contributed by atoms with E-state index in [1.54, 1.807) is 70.5 Å². The van der Waals surface area contributed by atoms with Crippen LogP contribution in [0.5, 0.6) is 5.75 Å². The highest BCUT2D eigenvalue weighted by atomic mass is 16.4. The maximum absolute atomic E-state index is 15.1. The van der Waals surface area contributed by atoms with Gasteiger partial charge in [0.2, 0.25) is 41.4 Å². The Balaban J connectivity index is 1.54. The van der Waals surface area contributed by atoms with Crippen molar-refractivity contribution in [3.05, 3.63) is 101 Å². The number of hydrogen-bond donors (Lipinski definition) is 10. The summed E-state index contributed by atoms with van der Waals surface area (Å²) in [6.45, 7) is 4.34. The number of carboxylic acid groups (broad SMARTS) is 1. The molecule has 23 heteroatoms. The highest BCUT2D eigenvalue weighted by Crippen LogP contribution is 2.25. The Morgan fingerprint density at radius 1 is 0.679 bits per heavy atom. The molecular formula is C55H79N13O10. The van der Waals surface area contributed by atoms with Crippen molar-refractivity contribution in [2.24, 2.45) is 45.3 Å². The number of amides is 7. The van der Waals surface area contributed by atoms with Gasteiger partial charge < -0.3 is 74.8 Å². The minimum absolute atomic E-state index is 0.0247. The number of nitrogens with one attached hydrogen (secondary N) is 2. The molecule has 3 aromatic carbocycles. The van der Waals surface area contributed by atoms with Crippen LogP contribution in [0.25, 0.3) is 0 Å². The Morgan fingerprint density at radius 3 is 1.88 bits per heavy atom. The van der Waals surface area contributed by atoms with E-state index in [-0.39, 0.29) is 126 Å². The van der Waals surface area contributed by atoms with Crippen molar-refractivity contribution in [3.63, 3.8) is 0 Å². The average molecular weight is 1080 g/mol.